The molecule has 0 spiro atoms. The van der Waals surface area contributed by atoms with Crippen LogP contribution in [0.2, 0.25) is 0 Å². The van der Waals surface area contributed by atoms with Gasteiger partial charge in [0.05, 0.1) is 0 Å². The van der Waals surface area contributed by atoms with E-state index in [4.69, 9.17) is 0 Å². The van der Waals surface area contributed by atoms with Crippen molar-refractivity contribution >= 4 is 11.9 Å². The van der Waals surface area contributed by atoms with Crippen molar-refractivity contribution in [3.8, 4) is 0 Å². The van der Waals surface area contributed by atoms with Gasteiger partial charge < -0.3 is 19.8 Å². The first-order valence-electron chi connectivity index (χ1n) is 21.9. The summed E-state index contributed by atoms with van der Waals surface area (Å²) in [6.45, 7) is 4.56. The molecule has 0 aromatic heterocycles. The zero-order chi connectivity index (χ0) is 35.4. The minimum atomic E-state index is -0.901. The Morgan fingerprint density at radius 1 is 0.260 bits per heavy atom. The molecule has 0 amide bonds. The Morgan fingerprint density at radius 2 is 0.380 bits per heavy atom. The van der Waals surface area contributed by atoms with Gasteiger partial charge >= 0.3 is 103 Å². The predicted octanol–water partition coefficient (Wildman–Crippen LogP) is 7.12. The number of carboxylic acid groups (broad SMARTS) is 2. The average Bonchev–Trinajstić information content (AvgIpc) is 3.07. The zero-order valence-electron chi connectivity index (χ0n) is 34.9. The molecular weight excluding hydrogens is 671 g/mol. The largest absolute Gasteiger partial charge is 1.00 e. The van der Waals surface area contributed by atoms with Gasteiger partial charge in [0, 0.05) is 11.9 Å². The van der Waals surface area contributed by atoms with E-state index in [1.165, 1.54) is 218 Å². The molecule has 0 aromatic carbocycles. The van der Waals surface area contributed by atoms with Gasteiger partial charge in [-0.05, 0) is 25.7 Å². The minimum Gasteiger partial charge on any atom is -0.550 e. The van der Waals surface area contributed by atoms with Crippen LogP contribution in [0.15, 0.2) is 0 Å². The summed E-state index contributed by atoms with van der Waals surface area (Å²) in [7, 11) is 0. The second-order valence-corrected chi connectivity index (χ2v) is 15.0. The second-order valence-electron chi connectivity index (χ2n) is 15.0. The summed E-state index contributed by atoms with van der Waals surface area (Å²) in [5, 5.41) is 20.5. The quantitative estimate of drug-likeness (QED) is 0.0493. The van der Waals surface area contributed by atoms with Crippen LogP contribution in [0.3, 0.4) is 0 Å². The maximum Gasteiger partial charge on any atom is 1.00 e. The molecule has 0 bridgehead atoms. The Hall–Kier alpha value is 2.21. The molecule has 0 N–H and O–H groups in total. The molecule has 0 radical (unpaired) electrons. The van der Waals surface area contributed by atoms with Crippen LogP contribution in [0.1, 0.15) is 271 Å². The fraction of sp³-hybridized carbons (Fsp3) is 0.955. The Morgan fingerprint density at radius 3 is 0.500 bits per heavy atom. The number of unbranched alkanes of at least 4 members (excludes halogenated alkanes) is 36. The van der Waals surface area contributed by atoms with Crippen molar-refractivity contribution in [2.24, 2.45) is 0 Å². The number of aliphatic carboxylic acids is 2. The van der Waals surface area contributed by atoms with E-state index in [2.05, 4.69) is 13.8 Å². The van der Waals surface area contributed by atoms with Gasteiger partial charge in [-0.2, -0.15) is 0 Å². The SMILES string of the molecule is CCCCCCCCCCCCCCCCCCCCCC(=O)[O-].CCCCCCCCCCCCCCCCCCCCCC(=O)[O-].[K+].[K+]. The number of carbonyl (C=O) groups excluding carboxylic acids is 2. The van der Waals surface area contributed by atoms with E-state index in [-0.39, 0.29) is 116 Å². The van der Waals surface area contributed by atoms with Gasteiger partial charge in [-0.3, -0.25) is 0 Å². The summed E-state index contributed by atoms with van der Waals surface area (Å²) < 4.78 is 0. The smallest absolute Gasteiger partial charge is 0.550 e. The molecule has 6 heteroatoms. The van der Waals surface area contributed by atoms with Gasteiger partial charge in [0.2, 0.25) is 0 Å². The van der Waals surface area contributed by atoms with E-state index in [1.807, 2.05) is 0 Å². The van der Waals surface area contributed by atoms with Crippen LogP contribution in [-0.4, -0.2) is 11.9 Å². The number of carbonyl (C=O) groups is 2. The van der Waals surface area contributed by atoms with Crippen LogP contribution in [0.5, 0.6) is 0 Å². The molecule has 4 nitrogen and oxygen atoms in total. The Labute approximate surface area is 399 Å². The van der Waals surface area contributed by atoms with Crippen LogP contribution in [0.25, 0.3) is 0 Å². The third kappa shape index (κ3) is 62.2. The van der Waals surface area contributed by atoms with Crippen molar-refractivity contribution in [2.45, 2.75) is 271 Å². The second kappa shape index (κ2) is 55.5. The number of carboxylic acids is 2. The molecule has 0 rings (SSSR count). The summed E-state index contributed by atoms with van der Waals surface area (Å²) in [6, 6.07) is 0. The maximum absolute atomic E-state index is 10.3. The van der Waals surface area contributed by atoms with E-state index in [0.29, 0.717) is 0 Å². The van der Waals surface area contributed by atoms with E-state index < -0.39 is 11.9 Å². The van der Waals surface area contributed by atoms with Crippen molar-refractivity contribution in [2.75, 3.05) is 0 Å². The van der Waals surface area contributed by atoms with Gasteiger partial charge in [-0.25, -0.2) is 0 Å². The Kier molecular flexibility index (Phi) is 65.5. The van der Waals surface area contributed by atoms with Crippen molar-refractivity contribution in [3.05, 3.63) is 0 Å². The first-order valence-corrected chi connectivity index (χ1v) is 21.9. The third-order valence-electron chi connectivity index (χ3n) is 9.97. The third-order valence-corrected chi connectivity index (χ3v) is 9.97. The molecule has 0 heterocycles. The van der Waals surface area contributed by atoms with Crippen molar-refractivity contribution < 1.29 is 123 Å². The molecule has 50 heavy (non-hydrogen) atoms. The molecule has 0 saturated heterocycles. The molecule has 0 fully saturated rings. The monoisotopic (exact) mass is 757 g/mol. The van der Waals surface area contributed by atoms with E-state index in [0.717, 1.165) is 25.7 Å². The molecule has 0 aliphatic heterocycles. The van der Waals surface area contributed by atoms with E-state index in [9.17, 15) is 19.8 Å². The fourth-order valence-electron chi connectivity index (χ4n) is 6.70. The van der Waals surface area contributed by atoms with Gasteiger partial charge in [-0.1, -0.05) is 245 Å². The van der Waals surface area contributed by atoms with Crippen molar-refractivity contribution in [1.82, 2.24) is 0 Å². The molecule has 0 aromatic rings. The van der Waals surface area contributed by atoms with Crippen molar-refractivity contribution in [1.29, 1.82) is 0 Å². The summed E-state index contributed by atoms with van der Waals surface area (Å²) in [5.74, 6) is -1.80. The van der Waals surface area contributed by atoms with Crippen LogP contribution < -0.4 is 113 Å². The Bertz CT molecular complexity index is 565. The number of hydrogen-bond donors (Lipinski definition) is 0. The van der Waals surface area contributed by atoms with Crippen LogP contribution in [-0.2, 0) is 9.59 Å². The Balaban J connectivity index is -0.000000407. The first-order chi connectivity index (χ1) is 23.5. The van der Waals surface area contributed by atoms with E-state index in [1.54, 1.807) is 0 Å². The maximum atomic E-state index is 10.3. The molecular formula is C44H86K2O4. The summed E-state index contributed by atoms with van der Waals surface area (Å²) in [4.78, 5) is 20.5. The summed E-state index contributed by atoms with van der Waals surface area (Å²) >= 11 is 0. The van der Waals surface area contributed by atoms with Crippen LogP contribution in [0, 0.1) is 0 Å². The average molecular weight is 757 g/mol. The standard InChI is InChI=1S/2C22H44O2.2K/c2*1-2-3-4-5-6-7-8-9-10-11-12-13-14-15-16-17-18-19-20-21-22(23)24;;/h2*2-21H2,1H3,(H,23,24);;/q;;2*+1/p-2. The molecule has 0 unspecified atom stereocenters. The molecule has 0 atom stereocenters. The van der Waals surface area contributed by atoms with Gasteiger partial charge in [0.15, 0.2) is 0 Å². The molecule has 288 valence electrons. The molecule has 0 aliphatic rings. The molecule has 0 saturated carbocycles. The van der Waals surface area contributed by atoms with Gasteiger partial charge in [0.1, 0.15) is 0 Å². The van der Waals surface area contributed by atoms with Crippen LogP contribution >= 0.6 is 0 Å². The zero-order valence-corrected chi connectivity index (χ0v) is 41.2. The summed E-state index contributed by atoms with van der Waals surface area (Å²) in [5.41, 5.74) is 0. The normalized spacial score (nSPS) is 10.6. The topological polar surface area (TPSA) is 80.3 Å². The minimum absolute atomic E-state index is 0. The van der Waals surface area contributed by atoms with Gasteiger partial charge in [-0.15, -0.1) is 0 Å². The number of rotatable bonds is 40. The molecule has 0 aliphatic carbocycles. The first kappa shape index (κ1) is 58.9. The predicted molar refractivity (Wildman–Crippen MR) is 206 cm³/mol. The number of hydrogen-bond acceptors (Lipinski definition) is 4. The van der Waals surface area contributed by atoms with Crippen molar-refractivity contribution in [3.63, 3.8) is 0 Å². The summed E-state index contributed by atoms with van der Waals surface area (Å²) in [6.07, 6.45) is 51.5. The van der Waals surface area contributed by atoms with E-state index >= 15 is 0 Å². The van der Waals surface area contributed by atoms with Gasteiger partial charge in [0.25, 0.3) is 0 Å². The fourth-order valence-corrected chi connectivity index (χ4v) is 6.70. The van der Waals surface area contributed by atoms with Crippen LogP contribution in [0.4, 0.5) is 0 Å².